The second-order valence-corrected chi connectivity index (χ2v) is 6.51. The smallest absolute Gasteiger partial charge is 0.251 e. The molecule has 26 heavy (non-hydrogen) atoms. The molecular formula is C19H21N3O4. The largest absolute Gasteiger partial charge is 0.493 e. The van der Waals surface area contributed by atoms with Crippen LogP contribution in [0.1, 0.15) is 33.9 Å². The lowest BCUT2D eigenvalue weighted by molar-refractivity contribution is 0.0931. The van der Waals surface area contributed by atoms with E-state index in [0.717, 1.165) is 36.3 Å². The number of aromatic nitrogens is 2. The van der Waals surface area contributed by atoms with Crippen molar-refractivity contribution in [1.29, 1.82) is 0 Å². The van der Waals surface area contributed by atoms with E-state index in [0.29, 0.717) is 36.0 Å². The molecule has 0 unspecified atom stereocenters. The summed E-state index contributed by atoms with van der Waals surface area (Å²) in [6.07, 6.45) is 4.30. The van der Waals surface area contributed by atoms with Gasteiger partial charge in [-0.1, -0.05) is 0 Å². The number of nitrogens with zero attached hydrogens (tertiary/aromatic N) is 2. The van der Waals surface area contributed by atoms with Crippen LogP contribution in [0, 0.1) is 6.92 Å². The van der Waals surface area contributed by atoms with E-state index in [-0.39, 0.29) is 11.9 Å². The highest BCUT2D eigenvalue weighted by atomic mass is 16.6. The predicted molar refractivity (Wildman–Crippen MR) is 94.0 cm³/mol. The van der Waals surface area contributed by atoms with Gasteiger partial charge in [-0.3, -0.25) is 4.79 Å². The second kappa shape index (κ2) is 6.82. The number of aryl methyl sites for hydroxylation is 2. The fourth-order valence-corrected chi connectivity index (χ4v) is 3.40. The van der Waals surface area contributed by atoms with Crippen LogP contribution in [0.5, 0.6) is 17.2 Å². The third-order valence-corrected chi connectivity index (χ3v) is 4.70. The van der Waals surface area contributed by atoms with Crippen molar-refractivity contribution >= 4 is 5.91 Å². The van der Waals surface area contributed by atoms with Gasteiger partial charge in [-0.2, -0.15) is 0 Å². The van der Waals surface area contributed by atoms with Gasteiger partial charge in [0.2, 0.25) is 5.75 Å². The van der Waals surface area contributed by atoms with Gasteiger partial charge in [-0.15, -0.1) is 0 Å². The van der Waals surface area contributed by atoms with E-state index in [1.165, 1.54) is 0 Å². The van der Waals surface area contributed by atoms with Crippen molar-refractivity contribution < 1.29 is 19.0 Å². The van der Waals surface area contributed by atoms with E-state index >= 15 is 0 Å². The Bertz CT molecular complexity index is 836. The zero-order valence-corrected chi connectivity index (χ0v) is 14.9. The Hall–Kier alpha value is -2.83. The topological polar surface area (TPSA) is 82.6 Å². The van der Waals surface area contributed by atoms with E-state index in [2.05, 4.69) is 15.3 Å². The fraction of sp³-hybridized carbons (Fsp3) is 0.421. The van der Waals surface area contributed by atoms with Crippen molar-refractivity contribution in [2.45, 2.75) is 32.2 Å². The average Bonchev–Trinajstić information content (AvgIpc) is 2.67. The monoisotopic (exact) mass is 355 g/mol. The van der Waals surface area contributed by atoms with Gasteiger partial charge >= 0.3 is 0 Å². The Kier molecular flexibility index (Phi) is 4.36. The van der Waals surface area contributed by atoms with Gasteiger partial charge in [-0.05, 0) is 43.9 Å². The maximum Gasteiger partial charge on any atom is 0.251 e. The molecule has 7 nitrogen and oxygen atoms in total. The summed E-state index contributed by atoms with van der Waals surface area (Å²) in [6, 6.07) is 3.45. The van der Waals surface area contributed by atoms with E-state index in [4.69, 9.17) is 14.2 Å². The van der Waals surface area contributed by atoms with Crippen LogP contribution in [0.3, 0.4) is 0 Å². The lowest BCUT2D eigenvalue weighted by atomic mass is 9.92. The molecule has 1 aliphatic carbocycles. The molecule has 4 rings (SSSR count). The molecule has 0 spiro atoms. The number of methoxy groups -OCH3 is 1. The Labute approximate surface area is 151 Å². The Morgan fingerprint density at radius 3 is 3.00 bits per heavy atom. The third-order valence-electron chi connectivity index (χ3n) is 4.70. The highest BCUT2D eigenvalue weighted by Gasteiger charge is 2.25. The van der Waals surface area contributed by atoms with Gasteiger partial charge in [0.25, 0.3) is 5.91 Å². The number of amides is 1. The molecule has 7 heteroatoms. The minimum absolute atomic E-state index is 0.0560. The summed E-state index contributed by atoms with van der Waals surface area (Å²) in [7, 11) is 1.55. The van der Waals surface area contributed by atoms with Crippen LogP contribution in [-0.2, 0) is 12.8 Å². The van der Waals surface area contributed by atoms with Crippen molar-refractivity contribution in [3.63, 3.8) is 0 Å². The number of nitrogens with one attached hydrogen (secondary N) is 1. The lowest BCUT2D eigenvalue weighted by Gasteiger charge is -2.25. The van der Waals surface area contributed by atoms with Crippen LogP contribution in [0.4, 0.5) is 0 Å². The van der Waals surface area contributed by atoms with Crippen LogP contribution in [-0.4, -0.2) is 42.2 Å². The molecule has 2 heterocycles. The van der Waals surface area contributed by atoms with Gasteiger partial charge in [0, 0.05) is 23.5 Å². The summed E-state index contributed by atoms with van der Waals surface area (Å²) in [5.41, 5.74) is 2.69. The molecule has 0 fully saturated rings. The number of rotatable bonds is 3. The van der Waals surface area contributed by atoms with E-state index in [1.807, 2.05) is 13.1 Å². The molecule has 1 aromatic carbocycles. The summed E-state index contributed by atoms with van der Waals surface area (Å²) in [5, 5.41) is 3.10. The van der Waals surface area contributed by atoms with Gasteiger partial charge in [-0.25, -0.2) is 9.97 Å². The number of benzene rings is 1. The molecule has 136 valence electrons. The standard InChI is InChI=1S/C19H21N3O4/c1-11-20-10-13-7-14(3-4-15(13)21-11)22-19(23)12-8-16(24-2)18-17(9-12)25-5-6-26-18/h8-10,14H,3-7H2,1-2H3,(H,22,23)/t14-/m0/s1. The molecule has 1 aliphatic heterocycles. The molecule has 1 N–H and O–H groups in total. The lowest BCUT2D eigenvalue weighted by Crippen LogP contribution is -2.39. The zero-order valence-electron chi connectivity index (χ0n) is 14.9. The van der Waals surface area contributed by atoms with Crippen LogP contribution < -0.4 is 19.5 Å². The van der Waals surface area contributed by atoms with Crippen molar-refractivity contribution in [1.82, 2.24) is 15.3 Å². The molecule has 0 radical (unpaired) electrons. The highest BCUT2D eigenvalue weighted by Crippen LogP contribution is 2.40. The molecular weight excluding hydrogens is 334 g/mol. The number of fused-ring (bicyclic) bond motifs is 2. The number of carbonyl (C=O) groups is 1. The first kappa shape index (κ1) is 16.6. The van der Waals surface area contributed by atoms with E-state index in [9.17, 15) is 4.79 Å². The molecule has 2 aromatic rings. The maximum absolute atomic E-state index is 12.7. The SMILES string of the molecule is COc1cc(C(=O)N[C@H]2CCc3nc(C)ncc3C2)cc2c1OCCO2. The fourth-order valence-electron chi connectivity index (χ4n) is 3.40. The Balaban J connectivity index is 1.51. The van der Waals surface area contributed by atoms with Crippen molar-refractivity contribution in [3.05, 3.63) is 41.0 Å². The molecule has 0 saturated carbocycles. The summed E-state index contributed by atoms with van der Waals surface area (Å²) in [6.45, 7) is 2.82. The first-order valence-electron chi connectivity index (χ1n) is 8.74. The van der Waals surface area contributed by atoms with E-state index in [1.54, 1.807) is 19.2 Å². The van der Waals surface area contributed by atoms with E-state index < -0.39 is 0 Å². The summed E-state index contributed by atoms with van der Waals surface area (Å²) in [5.74, 6) is 2.23. The van der Waals surface area contributed by atoms with Crippen LogP contribution in [0.25, 0.3) is 0 Å². The second-order valence-electron chi connectivity index (χ2n) is 6.51. The molecule has 0 bridgehead atoms. The number of hydrogen-bond acceptors (Lipinski definition) is 6. The molecule has 1 atom stereocenters. The molecule has 1 aromatic heterocycles. The van der Waals surface area contributed by atoms with Gasteiger partial charge in [0.1, 0.15) is 19.0 Å². The van der Waals surface area contributed by atoms with Crippen molar-refractivity contribution in [3.8, 4) is 17.2 Å². The number of hydrogen-bond donors (Lipinski definition) is 1. The van der Waals surface area contributed by atoms with Gasteiger partial charge < -0.3 is 19.5 Å². The zero-order chi connectivity index (χ0) is 18.1. The van der Waals surface area contributed by atoms with Crippen LogP contribution in [0.2, 0.25) is 0 Å². The Morgan fingerprint density at radius 1 is 1.31 bits per heavy atom. The summed E-state index contributed by atoms with van der Waals surface area (Å²) < 4.78 is 16.5. The molecule has 0 saturated heterocycles. The molecule has 1 amide bonds. The highest BCUT2D eigenvalue weighted by molar-refractivity contribution is 5.95. The maximum atomic E-state index is 12.7. The first-order valence-corrected chi connectivity index (χ1v) is 8.74. The number of ether oxygens (including phenoxy) is 3. The number of carbonyl (C=O) groups excluding carboxylic acids is 1. The predicted octanol–water partition coefficient (Wildman–Crippen LogP) is 1.85. The summed E-state index contributed by atoms with van der Waals surface area (Å²) >= 11 is 0. The van der Waals surface area contributed by atoms with Crippen LogP contribution >= 0.6 is 0 Å². The minimum Gasteiger partial charge on any atom is -0.493 e. The van der Waals surface area contributed by atoms with Crippen molar-refractivity contribution in [2.24, 2.45) is 0 Å². The van der Waals surface area contributed by atoms with Crippen molar-refractivity contribution in [2.75, 3.05) is 20.3 Å². The average molecular weight is 355 g/mol. The quantitative estimate of drug-likeness (QED) is 0.905. The minimum atomic E-state index is -0.151. The molecule has 2 aliphatic rings. The van der Waals surface area contributed by atoms with Gasteiger partial charge in [0.15, 0.2) is 11.5 Å². The van der Waals surface area contributed by atoms with Gasteiger partial charge in [0.05, 0.1) is 7.11 Å². The Morgan fingerprint density at radius 2 is 2.15 bits per heavy atom. The first-order chi connectivity index (χ1) is 12.6. The summed E-state index contributed by atoms with van der Waals surface area (Å²) in [4.78, 5) is 21.5. The van der Waals surface area contributed by atoms with Crippen LogP contribution in [0.15, 0.2) is 18.3 Å². The normalized spacial score (nSPS) is 18.0. The third kappa shape index (κ3) is 3.16.